The fourth-order valence-corrected chi connectivity index (χ4v) is 2.72. The van der Waals surface area contributed by atoms with Gasteiger partial charge < -0.3 is 10.6 Å². The van der Waals surface area contributed by atoms with E-state index in [0.29, 0.717) is 0 Å². The van der Waals surface area contributed by atoms with Crippen LogP contribution in [0.1, 0.15) is 18.4 Å². The van der Waals surface area contributed by atoms with E-state index < -0.39 is 0 Å². The summed E-state index contributed by atoms with van der Waals surface area (Å²) in [5, 5.41) is 8.32. The molecule has 5 heteroatoms. The van der Waals surface area contributed by atoms with Crippen LogP contribution in [0.15, 0.2) is 18.2 Å². The predicted octanol–water partition coefficient (Wildman–Crippen LogP) is 3.50. The Morgan fingerprint density at radius 2 is 1.78 bits per heavy atom. The van der Waals surface area contributed by atoms with E-state index in [2.05, 4.69) is 10.6 Å². The third-order valence-corrected chi connectivity index (χ3v) is 3.96. The molecule has 0 bridgehead atoms. The zero-order chi connectivity index (χ0) is 12.1. The monoisotopic (exact) mass is 308 g/mol. The van der Waals surface area contributed by atoms with Crippen molar-refractivity contribution in [3.05, 3.63) is 33.8 Å². The van der Waals surface area contributed by atoms with Gasteiger partial charge in [-0.05, 0) is 50.5 Å². The van der Waals surface area contributed by atoms with Crippen LogP contribution in [-0.2, 0) is 6.54 Å². The molecule has 0 radical (unpaired) electrons. The zero-order valence-electron chi connectivity index (χ0n) is 10.2. The van der Waals surface area contributed by atoms with Gasteiger partial charge in [-0.3, -0.25) is 0 Å². The average Bonchev–Trinajstić information content (AvgIpc) is 2.34. The van der Waals surface area contributed by atoms with Gasteiger partial charge in [-0.25, -0.2) is 0 Å². The van der Waals surface area contributed by atoms with Crippen LogP contribution >= 0.6 is 35.6 Å². The Morgan fingerprint density at radius 3 is 2.39 bits per heavy atom. The molecule has 2 N–H and O–H groups in total. The van der Waals surface area contributed by atoms with Crippen LogP contribution in [0.2, 0.25) is 10.0 Å². The number of benzene rings is 1. The molecular formula is C13H19Cl3N2. The van der Waals surface area contributed by atoms with Crippen molar-refractivity contribution in [3.8, 4) is 0 Å². The highest BCUT2D eigenvalue weighted by Gasteiger charge is 2.12. The van der Waals surface area contributed by atoms with Gasteiger partial charge in [0.2, 0.25) is 0 Å². The molecule has 1 fully saturated rings. The highest BCUT2D eigenvalue weighted by Crippen LogP contribution is 2.24. The lowest BCUT2D eigenvalue weighted by atomic mass is 9.98. The number of nitrogens with one attached hydrogen (secondary N) is 2. The first-order valence-electron chi connectivity index (χ1n) is 6.11. The molecule has 1 heterocycles. The molecule has 1 aliphatic heterocycles. The van der Waals surface area contributed by atoms with Gasteiger partial charge in [-0.2, -0.15) is 0 Å². The summed E-state index contributed by atoms with van der Waals surface area (Å²) in [4.78, 5) is 0. The van der Waals surface area contributed by atoms with Gasteiger partial charge in [0.25, 0.3) is 0 Å². The second kappa shape index (κ2) is 8.23. The lowest BCUT2D eigenvalue weighted by molar-refractivity contribution is 0.356. The molecule has 1 aliphatic rings. The van der Waals surface area contributed by atoms with Crippen molar-refractivity contribution in [2.24, 2.45) is 5.92 Å². The first kappa shape index (κ1) is 16.1. The lowest BCUT2D eigenvalue weighted by Crippen LogP contribution is -2.33. The third kappa shape index (κ3) is 4.60. The quantitative estimate of drug-likeness (QED) is 0.889. The Hall–Kier alpha value is 0.01000. The van der Waals surface area contributed by atoms with E-state index in [-0.39, 0.29) is 12.4 Å². The lowest BCUT2D eigenvalue weighted by Gasteiger charge is -2.23. The van der Waals surface area contributed by atoms with Crippen LogP contribution in [-0.4, -0.2) is 19.6 Å². The summed E-state index contributed by atoms with van der Waals surface area (Å²) in [6.07, 6.45) is 2.51. The molecule has 0 aromatic heterocycles. The van der Waals surface area contributed by atoms with E-state index in [1.807, 2.05) is 18.2 Å². The Kier molecular flexibility index (Phi) is 7.35. The summed E-state index contributed by atoms with van der Waals surface area (Å²) in [7, 11) is 0. The van der Waals surface area contributed by atoms with Crippen molar-refractivity contribution in [3.63, 3.8) is 0 Å². The average molecular weight is 310 g/mol. The van der Waals surface area contributed by atoms with Crippen LogP contribution < -0.4 is 10.6 Å². The minimum atomic E-state index is 0. The predicted molar refractivity (Wildman–Crippen MR) is 81.0 cm³/mol. The molecule has 1 saturated heterocycles. The normalized spacial score (nSPS) is 16.3. The van der Waals surface area contributed by atoms with Crippen LogP contribution in [0.25, 0.3) is 0 Å². The highest BCUT2D eigenvalue weighted by atomic mass is 35.5. The molecule has 1 aromatic carbocycles. The van der Waals surface area contributed by atoms with Gasteiger partial charge in [0.1, 0.15) is 0 Å². The second-order valence-corrected chi connectivity index (χ2v) is 5.34. The summed E-state index contributed by atoms with van der Waals surface area (Å²) in [6, 6.07) is 5.64. The van der Waals surface area contributed by atoms with Crippen molar-refractivity contribution in [2.75, 3.05) is 19.6 Å². The molecule has 0 atom stereocenters. The fourth-order valence-electron chi connectivity index (χ4n) is 2.19. The topological polar surface area (TPSA) is 24.1 Å². The molecule has 0 unspecified atom stereocenters. The SMILES string of the molecule is Cl.Clc1cccc(Cl)c1CNCC1CCNCC1. The minimum absolute atomic E-state index is 0. The van der Waals surface area contributed by atoms with Gasteiger partial charge in [-0.1, -0.05) is 29.3 Å². The summed E-state index contributed by atoms with van der Waals surface area (Å²) in [6.45, 7) is 4.07. The maximum absolute atomic E-state index is 6.12. The maximum atomic E-state index is 6.12. The van der Waals surface area contributed by atoms with Gasteiger partial charge in [-0.15, -0.1) is 12.4 Å². The fraction of sp³-hybridized carbons (Fsp3) is 0.538. The van der Waals surface area contributed by atoms with Gasteiger partial charge in [0, 0.05) is 22.2 Å². The Labute approximate surface area is 125 Å². The van der Waals surface area contributed by atoms with E-state index in [1.165, 1.54) is 12.8 Å². The van der Waals surface area contributed by atoms with Gasteiger partial charge in [0.15, 0.2) is 0 Å². The summed E-state index contributed by atoms with van der Waals surface area (Å²) in [5.74, 6) is 0.775. The summed E-state index contributed by atoms with van der Waals surface area (Å²) < 4.78 is 0. The largest absolute Gasteiger partial charge is 0.317 e. The van der Waals surface area contributed by atoms with Gasteiger partial charge >= 0.3 is 0 Å². The summed E-state index contributed by atoms with van der Waals surface area (Å²) >= 11 is 12.2. The smallest absolute Gasteiger partial charge is 0.0465 e. The highest BCUT2D eigenvalue weighted by molar-refractivity contribution is 6.35. The first-order chi connectivity index (χ1) is 8.27. The van der Waals surface area contributed by atoms with Crippen molar-refractivity contribution in [1.82, 2.24) is 10.6 Å². The van der Waals surface area contributed by atoms with Crippen LogP contribution in [0, 0.1) is 5.92 Å². The molecular weight excluding hydrogens is 291 g/mol. The maximum Gasteiger partial charge on any atom is 0.0465 e. The second-order valence-electron chi connectivity index (χ2n) is 4.52. The zero-order valence-corrected chi connectivity index (χ0v) is 12.5. The molecule has 0 aliphatic carbocycles. The van der Waals surface area contributed by atoms with Crippen molar-refractivity contribution < 1.29 is 0 Å². The molecule has 1 aromatic rings. The molecule has 0 saturated carbocycles. The van der Waals surface area contributed by atoms with Crippen molar-refractivity contribution in [1.29, 1.82) is 0 Å². The molecule has 2 nitrogen and oxygen atoms in total. The van der Waals surface area contributed by atoms with E-state index in [9.17, 15) is 0 Å². The van der Waals surface area contributed by atoms with E-state index in [4.69, 9.17) is 23.2 Å². The molecule has 102 valence electrons. The Bertz CT molecular complexity index is 345. The van der Waals surface area contributed by atoms with Crippen molar-refractivity contribution in [2.45, 2.75) is 19.4 Å². The first-order valence-corrected chi connectivity index (χ1v) is 6.87. The number of hydrogen-bond acceptors (Lipinski definition) is 2. The van der Waals surface area contributed by atoms with E-state index in [1.54, 1.807) is 0 Å². The van der Waals surface area contributed by atoms with Crippen LogP contribution in [0.4, 0.5) is 0 Å². The van der Waals surface area contributed by atoms with E-state index in [0.717, 1.165) is 47.7 Å². The number of hydrogen-bond donors (Lipinski definition) is 2. The number of halogens is 3. The third-order valence-electron chi connectivity index (χ3n) is 3.26. The molecule has 18 heavy (non-hydrogen) atoms. The van der Waals surface area contributed by atoms with Crippen molar-refractivity contribution >= 4 is 35.6 Å². The summed E-state index contributed by atoms with van der Waals surface area (Å²) in [5.41, 5.74) is 1.00. The van der Waals surface area contributed by atoms with Crippen LogP contribution in [0.5, 0.6) is 0 Å². The molecule has 0 amide bonds. The standard InChI is InChI=1S/C13H18Cl2N2.ClH/c14-12-2-1-3-13(15)11(12)9-17-8-10-4-6-16-7-5-10;/h1-3,10,16-17H,4-9H2;1H. The molecule has 2 rings (SSSR count). The number of rotatable bonds is 4. The van der Waals surface area contributed by atoms with E-state index >= 15 is 0 Å². The van der Waals surface area contributed by atoms with Gasteiger partial charge in [0.05, 0.1) is 0 Å². The van der Waals surface area contributed by atoms with Crippen LogP contribution in [0.3, 0.4) is 0 Å². The molecule has 0 spiro atoms. The number of piperidine rings is 1. The minimum Gasteiger partial charge on any atom is -0.317 e. The Balaban J connectivity index is 0.00000162. The Morgan fingerprint density at radius 1 is 1.17 bits per heavy atom.